The van der Waals surface area contributed by atoms with Crippen LogP contribution in [-0.4, -0.2) is 57.0 Å². The van der Waals surface area contributed by atoms with Crippen molar-refractivity contribution in [3.05, 3.63) is 23.2 Å². The van der Waals surface area contributed by atoms with Crippen LogP contribution in [0.1, 0.15) is 0 Å². The van der Waals surface area contributed by atoms with Gasteiger partial charge in [-0.25, -0.2) is 8.42 Å². The van der Waals surface area contributed by atoms with E-state index in [0.29, 0.717) is 13.1 Å². The molecular formula is C11H17ClN2O3S. The van der Waals surface area contributed by atoms with E-state index in [-0.39, 0.29) is 15.7 Å². The Morgan fingerprint density at radius 2 is 1.83 bits per heavy atom. The molecule has 0 amide bonds. The van der Waals surface area contributed by atoms with Crippen molar-refractivity contribution in [2.24, 2.45) is 0 Å². The highest BCUT2D eigenvalue weighted by molar-refractivity contribution is 7.89. The molecule has 1 aromatic carbocycles. The molecule has 18 heavy (non-hydrogen) atoms. The Morgan fingerprint density at radius 3 is 2.33 bits per heavy atom. The van der Waals surface area contributed by atoms with Crippen LogP contribution < -0.4 is 0 Å². The summed E-state index contributed by atoms with van der Waals surface area (Å²) < 4.78 is 25.6. The molecule has 0 unspecified atom stereocenters. The highest BCUT2D eigenvalue weighted by atomic mass is 35.5. The molecule has 1 N–H and O–H groups in total. The van der Waals surface area contributed by atoms with Gasteiger partial charge in [0.15, 0.2) is 0 Å². The van der Waals surface area contributed by atoms with Gasteiger partial charge in [-0.3, -0.25) is 0 Å². The zero-order valence-corrected chi connectivity index (χ0v) is 12.2. The first-order valence-electron chi connectivity index (χ1n) is 5.34. The number of likely N-dealkylation sites (N-methyl/N-ethyl adjacent to an activating group) is 2. The van der Waals surface area contributed by atoms with E-state index in [9.17, 15) is 13.5 Å². The lowest BCUT2D eigenvalue weighted by Gasteiger charge is -2.19. The molecule has 0 atom stereocenters. The number of phenolic OH excluding ortho intramolecular Hbond substituents is 1. The summed E-state index contributed by atoms with van der Waals surface area (Å²) in [6, 6.07) is 3.86. The Kier molecular flexibility index (Phi) is 4.98. The summed E-state index contributed by atoms with van der Waals surface area (Å²) in [6.07, 6.45) is 0. The lowest BCUT2D eigenvalue weighted by molar-refractivity contribution is 0.358. The Labute approximate surface area is 113 Å². The Morgan fingerprint density at radius 1 is 1.22 bits per heavy atom. The fourth-order valence-electron chi connectivity index (χ4n) is 1.29. The van der Waals surface area contributed by atoms with Gasteiger partial charge in [0.05, 0.1) is 9.92 Å². The van der Waals surface area contributed by atoms with Crippen molar-refractivity contribution < 1.29 is 13.5 Å². The van der Waals surface area contributed by atoms with Crippen LogP contribution in [0.3, 0.4) is 0 Å². The van der Waals surface area contributed by atoms with E-state index < -0.39 is 10.0 Å². The maximum absolute atomic E-state index is 12.2. The van der Waals surface area contributed by atoms with E-state index in [4.69, 9.17) is 11.6 Å². The summed E-state index contributed by atoms with van der Waals surface area (Å²) in [4.78, 5) is 1.97. The zero-order chi connectivity index (χ0) is 13.9. The molecule has 1 aromatic rings. The summed E-state index contributed by atoms with van der Waals surface area (Å²) in [6.45, 7) is 1.01. The normalized spacial score (nSPS) is 12.3. The molecule has 0 fully saturated rings. The second-order valence-corrected chi connectivity index (χ2v) is 6.70. The maximum Gasteiger partial charge on any atom is 0.242 e. The molecule has 0 aliphatic carbocycles. The molecule has 0 saturated heterocycles. The van der Waals surface area contributed by atoms with E-state index in [1.54, 1.807) is 0 Å². The predicted octanol–water partition coefficient (Wildman–Crippen LogP) is 1.23. The molecule has 102 valence electrons. The van der Waals surface area contributed by atoms with Gasteiger partial charge in [-0.1, -0.05) is 11.6 Å². The van der Waals surface area contributed by atoms with Gasteiger partial charge in [0, 0.05) is 20.1 Å². The lowest BCUT2D eigenvalue weighted by Crippen LogP contribution is -2.33. The Bertz CT molecular complexity index is 517. The van der Waals surface area contributed by atoms with Crippen molar-refractivity contribution >= 4 is 21.6 Å². The van der Waals surface area contributed by atoms with Crippen molar-refractivity contribution in [3.8, 4) is 5.75 Å². The van der Waals surface area contributed by atoms with Crippen molar-refractivity contribution in [1.82, 2.24) is 9.21 Å². The standard InChI is InChI=1S/C11H17ClN2O3S/c1-13(2)6-7-14(3)18(16,17)9-4-5-11(15)10(12)8-9/h4-5,8,15H,6-7H2,1-3H3. The fourth-order valence-corrected chi connectivity index (χ4v) is 2.72. The summed E-state index contributed by atoms with van der Waals surface area (Å²) >= 11 is 5.71. The Balaban J connectivity index is 2.95. The van der Waals surface area contributed by atoms with Gasteiger partial charge in [-0.05, 0) is 32.3 Å². The number of hydrogen-bond acceptors (Lipinski definition) is 4. The van der Waals surface area contributed by atoms with Crippen LogP contribution in [0.25, 0.3) is 0 Å². The van der Waals surface area contributed by atoms with Crippen LogP contribution in [0.2, 0.25) is 5.02 Å². The number of hydrogen-bond donors (Lipinski definition) is 1. The van der Waals surface area contributed by atoms with Crippen LogP contribution in [-0.2, 0) is 10.0 Å². The first-order chi connectivity index (χ1) is 8.25. The summed E-state index contributed by atoms with van der Waals surface area (Å²) in [5, 5.41) is 9.30. The quantitative estimate of drug-likeness (QED) is 0.887. The van der Waals surface area contributed by atoms with Gasteiger partial charge in [0.1, 0.15) is 5.75 Å². The summed E-state index contributed by atoms with van der Waals surface area (Å²) in [5.41, 5.74) is 0. The van der Waals surface area contributed by atoms with Crippen LogP contribution in [0.5, 0.6) is 5.75 Å². The molecule has 0 aliphatic heterocycles. The highest BCUT2D eigenvalue weighted by Gasteiger charge is 2.21. The molecular weight excluding hydrogens is 276 g/mol. The summed E-state index contributed by atoms with van der Waals surface area (Å²) in [5.74, 6) is -0.133. The molecule has 0 saturated carbocycles. The SMILES string of the molecule is CN(C)CCN(C)S(=O)(=O)c1ccc(O)c(Cl)c1. The average molecular weight is 293 g/mol. The van der Waals surface area contributed by atoms with E-state index in [2.05, 4.69) is 0 Å². The Hall–Kier alpha value is -0.820. The maximum atomic E-state index is 12.2. The molecule has 0 aliphatic rings. The number of aromatic hydroxyl groups is 1. The minimum absolute atomic E-state index is 0.0251. The smallest absolute Gasteiger partial charge is 0.242 e. The molecule has 0 bridgehead atoms. The molecule has 0 spiro atoms. The largest absolute Gasteiger partial charge is 0.506 e. The number of benzene rings is 1. The third-order valence-electron chi connectivity index (χ3n) is 2.49. The first kappa shape index (κ1) is 15.2. The zero-order valence-electron chi connectivity index (χ0n) is 10.6. The summed E-state index contributed by atoms with van der Waals surface area (Å²) in [7, 11) is 1.70. The van der Waals surface area contributed by atoms with E-state index in [1.165, 1.54) is 29.6 Å². The average Bonchev–Trinajstić information content (AvgIpc) is 2.29. The van der Waals surface area contributed by atoms with Gasteiger partial charge >= 0.3 is 0 Å². The van der Waals surface area contributed by atoms with E-state index in [0.717, 1.165) is 0 Å². The number of phenols is 1. The third kappa shape index (κ3) is 3.58. The monoisotopic (exact) mass is 292 g/mol. The van der Waals surface area contributed by atoms with Crippen LogP contribution in [0.4, 0.5) is 0 Å². The lowest BCUT2D eigenvalue weighted by atomic mass is 10.3. The van der Waals surface area contributed by atoms with Crippen LogP contribution >= 0.6 is 11.6 Å². The van der Waals surface area contributed by atoms with Crippen molar-refractivity contribution in [2.45, 2.75) is 4.90 Å². The molecule has 5 nitrogen and oxygen atoms in total. The van der Waals surface area contributed by atoms with E-state index in [1.807, 2.05) is 19.0 Å². The number of sulfonamides is 1. The molecule has 1 rings (SSSR count). The molecule has 0 heterocycles. The van der Waals surface area contributed by atoms with Crippen molar-refractivity contribution in [2.75, 3.05) is 34.2 Å². The fraction of sp³-hybridized carbons (Fsp3) is 0.455. The van der Waals surface area contributed by atoms with Crippen molar-refractivity contribution in [3.63, 3.8) is 0 Å². The number of nitrogens with zero attached hydrogens (tertiary/aromatic N) is 2. The van der Waals surface area contributed by atoms with Gasteiger partial charge in [-0.2, -0.15) is 4.31 Å². The minimum Gasteiger partial charge on any atom is -0.506 e. The number of halogens is 1. The number of rotatable bonds is 5. The second kappa shape index (κ2) is 5.88. The van der Waals surface area contributed by atoms with Gasteiger partial charge in [-0.15, -0.1) is 0 Å². The molecule has 0 aromatic heterocycles. The highest BCUT2D eigenvalue weighted by Crippen LogP contribution is 2.26. The van der Waals surface area contributed by atoms with Gasteiger partial charge in [0.25, 0.3) is 0 Å². The first-order valence-corrected chi connectivity index (χ1v) is 7.16. The van der Waals surface area contributed by atoms with Crippen LogP contribution in [0.15, 0.2) is 23.1 Å². The molecule has 7 heteroatoms. The van der Waals surface area contributed by atoms with Crippen LogP contribution in [0, 0.1) is 0 Å². The predicted molar refractivity (Wildman–Crippen MR) is 71.5 cm³/mol. The minimum atomic E-state index is -3.56. The van der Waals surface area contributed by atoms with Crippen molar-refractivity contribution in [1.29, 1.82) is 0 Å². The third-order valence-corrected chi connectivity index (χ3v) is 4.65. The second-order valence-electron chi connectivity index (χ2n) is 4.24. The topological polar surface area (TPSA) is 60.9 Å². The molecule has 0 radical (unpaired) electrons. The van der Waals surface area contributed by atoms with Gasteiger partial charge in [0.2, 0.25) is 10.0 Å². The van der Waals surface area contributed by atoms with E-state index >= 15 is 0 Å². The van der Waals surface area contributed by atoms with Gasteiger partial charge < -0.3 is 10.0 Å².